The quantitative estimate of drug-likeness (QED) is 0.632. The molecule has 0 spiro atoms. The van der Waals surface area contributed by atoms with Gasteiger partial charge in [-0.25, -0.2) is 0 Å². The Morgan fingerprint density at radius 3 is 2.92 bits per heavy atom. The molecule has 0 radical (unpaired) electrons. The van der Waals surface area contributed by atoms with E-state index in [9.17, 15) is 0 Å². The third-order valence-corrected chi connectivity index (χ3v) is 2.43. The van der Waals surface area contributed by atoms with Crippen LogP contribution < -0.4 is 0 Å². The van der Waals surface area contributed by atoms with E-state index >= 15 is 0 Å². The molecular weight excluding hydrogens is 154 g/mol. The topological polar surface area (TPSA) is 43.7 Å². The maximum atomic E-state index is 9.14. The van der Waals surface area contributed by atoms with Crippen molar-refractivity contribution < 1.29 is 10.2 Å². The van der Waals surface area contributed by atoms with Crippen LogP contribution in [0.5, 0.6) is 0 Å². The molecule has 72 valence electrons. The highest BCUT2D eigenvalue weighted by Crippen LogP contribution is 2.18. The first kappa shape index (κ1) is 9.96. The lowest BCUT2D eigenvalue weighted by Crippen LogP contribution is -2.29. The first-order chi connectivity index (χ1) is 5.72. The highest BCUT2D eigenvalue weighted by atomic mass is 16.3. The molecule has 1 aliphatic rings. The first-order valence-corrected chi connectivity index (χ1v) is 4.73. The first-order valence-electron chi connectivity index (χ1n) is 4.73. The maximum absolute atomic E-state index is 9.14. The van der Waals surface area contributed by atoms with E-state index in [-0.39, 0.29) is 6.10 Å². The Morgan fingerprint density at radius 2 is 2.33 bits per heavy atom. The van der Waals surface area contributed by atoms with E-state index in [1.54, 1.807) is 0 Å². The average molecular weight is 173 g/mol. The Bertz CT molecular complexity index is 128. The lowest BCUT2D eigenvalue weighted by atomic mass is 10.1. The van der Waals surface area contributed by atoms with Crippen LogP contribution in [0.25, 0.3) is 0 Å². The van der Waals surface area contributed by atoms with E-state index in [2.05, 4.69) is 4.90 Å². The summed E-state index contributed by atoms with van der Waals surface area (Å²) in [6.07, 6.45) is 1.86. The van der Waals surface area contributed by atoms with E-state index in [0.717, 1.165) is 26.1 Å². The van der Waals surface area contributed by atoms with Crippen LogP contribution in [0.4, 0.5) is 0 Å². The monoisotopic (exact) mass is 173 g/mol. The van der Waals surface area contributed by atoms with Gasteiger partial charge in [0.2, 0.25) is 0 Å². The Labute approximate surface area is 74.0 Å². The predicted octanol–water partition coefficient (Wildman–Crippen LogP) is 0.0715. The number of likely N-dealkylation sites (tertiary alicyclic amines) is 1. The summed E-state index contributed by atoms with van der Waals surface area (Å²) in [6.45, 7) is 5.02. The van der Waals surface area contributed by atoms with E-state index in [1.165, 1.54) is 6.42 Å². The van der Waals surface area contributed by atoms with Crippen molar-refractivity contribution in [3.05, 3.63) is 0 Å². The van der Waals surface area contributed by atoms with Gasteiger partial charge in [-0.1, -0.05) is 0 Å². The zero-order valence-corrected chi connectivity index (χ0v) is 7.74. The lowest BCUT2D eigenvalue weighted by molar-refractivity contribution is 0.137. The molecule has 1 rings (SSSR count). The zero-order chi connectivity index (χ0) is 8.97. The van der Waals surface area contributed by atoms with Gasteiger partial charge in [0.25, 0.3) is 0 Å². The van der Waals surface area contributed by atoms with Crippen molar-refractivity contribution in [2.24, 2.45) is 5.92 Å². The van der Waals surface area contributed by atoms with Crippen molar-refractivity contribution >= 4 is 0 Å². The summed E-state index contributed by atoms with van der Waals surface area (Å²) in [4.78, 5) is 2.27. The molecule has 3 heteroatoms. The predicted molar refractivity (Wildman–Crippen MR) is 47.9 cm³/mol. The van der Waals surface area contributed by atoms with Crippen LogP contribution in [0.3, 0.4) is 0 Å². The molecule has 1 unspecified atom stereocenters. The SMILES string of the molecule is C[C@H](O)CN1CCC(CCO)C1. The molecule has 2 N–H and O–H groups in total. The van der Waals surface area contributed by atoms with E-state index in [4.69, 9.17) is 10.2 Å². The molecule has 0 saturated carbocycles. The Hall–Kier alpha value is -0.120. The minimum Gasteiger partial charge on any atom is -0.396 e. The maximum Gasteiger partial charge on any atom is 0.0639 e. The van der Waals surface area contributed by atoms with Crippen molar-refractivity contribution in [2.45, 2.75) is 25.9 Å². The highest BCUT2D eigenvalue weighted by Gasteiger charge is 2.22. The number of hydrogen-bond donors (Lipinski definition) is 2. The third-order valence-electron chi connectivity index (χ3n) is 2.43. The fourth-order valence-corrected chi connectivity index (χ4v) is 1.87. The van der Waals surface area contributed by atoms with Gasteiger partial charge in [-0.2, -0.15) is 0 Å². The second kappa shape index (κ2) is 4.80. The molecule has 1 heterocycles. The zero-order valence-electron chi connectivity index (χ0n) is 7.74. The summed E-state index contributed by atoms with van der Waals surface area (Å²) in [6, 6.07) is 0. The van der Waals surface area contributed by atoms with Crippen LogP contribution >= 0.6 is 0 Å². The molecule has 0 aliphatic carbocycles. The van der Waals surface area contributed by atoms with Crippen molar-refractivity contribution in [2.75, 3.05) is 26.2 Å². The number of hydrogen-bond acceptors (Lipinski definition) is 3. The van der Waals surface area contributed by atoms with Gasteiger partial charge in [0.1, 0.15) is 0 Å². The summed E-state index contributed by atoms with van der Waals surface area (Å²) in [5, 5.41) is 17.9. The van der Waals surface area contributed by atoms with Gasteiger partial charge < -0.3 is 15.1 Å². The smallest absolute Gasteiger partial charge is 0.0639 e. The van der Waals surface area contributed by atoms with Gasteiger partial charge in [-0.3, -0.25) is 0 Å². The van der Waals surface area contributed by atoms with Gasteiger partial charge in [0, 0.05) is 19.7 Å². The molecule has 1 aliphatic heterocycles. The second-order valence-corrected chi connectivity index (χ2v) is 3.78. The molecule has 1 fully saturated rings. The number of rotatable bonds is 4. The van der Waals surface area contributed by atoms with Crippen molar-refractivity contribution in [1.29, 1.82) is 0 Å². The Kier molecular flexibility index (Phi) is 3.98. The molecule has 12 heavy (non-hydrogen) atoms. The van der Waals surface area contributed by atoms with Crippen LogP contribution in [0.15, 0.2) is 0 Å². The Morgan fingerprint density at radius 1 is 1.58 bits per heavy atom. The van der Waals surface area contributed by atoms with Crippen molar-refractivity contribution in [3.63, 3.8) is 0 Å². The van der Waals surface area contributed by atoms with Crippen LogP contribution in [0, 0.1) is 5.92 Å². The standard InChI is InChI=1S/C9H19NO2/c1-8(12)6-10-4-2-9(7-10)3-5-11/h8-9,11-12H,2-7H2,1H3/t8-,9?/m0/s1. The molecular formula is C9H19NO2. The van der Waals surface area contributed by atoms with Crippen LogP contribution in [-0.2, 0) is 0 Å². The third kappa shape index (κ3) is 3.09. The average Bonchev–Trinajstić information content (AvgIpc) is 2.36. The molecule has 0 aromatic heterocycles. The fraction of sp³-hybridized carbons (Fsp3) is 1.00. The normalized spacial score (nSPS) is 27.8. The van der Waals surface area contributed by atoms with Gasteiger partial charge in [-0.05, 0) is 32.2 Å². The summed E-state index contributed by atoms with van der Waals surface area (Å²) in [5.41, 5.74) is 0. The van der Waals surface area contributed by atoms with E-state index < -0.39 is 0 Å². The van der Waals surface area contributed by atoms with Crippen molar-refractivity contribution in [1.82, 2.24) is 4.90 Å². The van der Waals surface area contributed by atoms with Crippen LogP contribution in [-0.4, -0.2) is 47.5 Å². The second-order valence-electron chi connectivity index (χ2n) is 3.78. The summed E-state index contributed by atoms with van der Waals surface area (Å²) < 4.78 is 0. The van der Waals surface area contributed by atoms with Gasteiger partial charge in [-0.15, -0.1) is 0 Å². The number of β-amino-alcohol motifs (C(OH)–C–C–N with tert-alkyl or cyclic N) is 1. The minimum atomic E-state index is -0.224. The molecule has 0 aromatic rings. The van der Waals surface area contributed by atoms with Crippen molar-refractivity contribution in [3.8, 4) is 0 Å². The molecule has 1 saturated heterocycles. The molecule has 0 bridgehead atoms. The molecule has 0 aromatic carbocycles. The fourth-order valence-electron chi connectivity index (χ4n) is 1.87. The van der Waals surface area contributed by atoms with Gasteiger partial charge >= 0.3 is 0 Å². The number of nitrogens with zero attached hydrogens (tertiary/aromatic N) is 1. The summed E-state index contributed by atoms with van der Waals surface area (Å²) >= 11 is 0. The number of aliphatic hydroxyl groups excluding tert-OH is 2. The largest absolute Gasteiger partial charge is 0.396 e. The van der Waals surface area contributed by atoms with Gasteiger partial charge in [0.15, 0.2) is 0 Å². The highest BCUT2D eigenvalue weighted by molar-refractivity contribution is 4.76. The summed E-state index contributed by atoms with van der Waals surface area (Å²) in [7, 11) is 0. The van der Waals surface area contributed by atoms with Crippen LogP contribution in [0.1, 0.15) is 19.8 Å². The lowest BCUT2D eigenvalue weighted by Gasteiger charge is -2.17. The van der Waals surface area contributed by atoms with E-state index in [1.807, 2.05) is 6.92 Å². The Balaban J connectivity index is 2.16. The molecule has 3 nitrogen and oxygen atoms in total. The molecule has 0 amide bonds. The molecule has 2 atom stereocenters. The summed E-state index contributed by atoms with van der Waals surface area (Å²) in [5.74, 6) is 0.647. The minimum absolute atomic E-state index is 0.224. The van der Waals surface area contributed by atoms with Gasteiger partial charge in [0.05, 0.1) is 6.10 Å². The van der Waals surface area contributed by atoms with Crippen LogP contribution in [0.2, 0.25) is 0 Å². The number of aliphatic hydroxyl groups is 2. The van der Waals surface area contributed by atoms with E-state index in [0.29, 0.717) is 12.5 Å².